The van der Waals surface area contributed by atoms with Gasteiger partial charge in [0, 0.05) is 11.6 Å². The second-order valence-corrected chi connectivity index (χ2v) is 7.48. The van der Waals surface area contributed by atoms with Gasteiger partial charge in [-0.15, -0.1) is 0 Å². The van der Waals surface area contributed by atoms with E-state index in [1.165, 1.54) is 56.4 Å². The molecule has 0 radical (unpaired) electrons. The highest BCUT2D eigenvalue weighted by Crippen LogP contribution is 2.47. The van der Waals surface area contributed by atoms with Gasteiger partial charge in [-0.1, -0.05) is 24.3 Å². The van der Waals surface area contributed by atoms with E-state index in [4.69, 9.17) is 0 Å². The molecule has 128 valence electrons. The second kappa shape index (κ2) is 7.15. The summed E-state index contributed by atoms with van der Waals surface area (Å²) in [5, 5.41) is 2.23. The van der Waals surface area contributed by atoms with Gasteiger partial charge in [0.25, 0.3) is 0 Å². The third-order valence-corrected chi connectivity index (χ3v) is 5.81. The van der Waals surface area contributed by atoms with Crippen LogP contribution in [-0.4, -0.2) is 10.1 Å². The molecule has 2 nitrogen and oxygen atoms in total. The summed E-state index contributed by atoms with van der Waals surface area (Å²) in [6, 6.07) is 9.59. The van der Waals surface area contributed by atoms with E-state index < -0.39 is 0 Å². The first-order chi connectivity index (χ1) is 12.2. The topological polar surface area (TPSA) is 25.2 Å². The van der Waals surface area contributed by atoms with Crippen molar-refractivity contribution in [2.75, 3.05) is 0 Å². The molecule has 1 aromatic heterocycles. The molecule has 0 aliphatic heterocycles. The molecule has 25 heavy (non-hydrogen) atoms. The molecule has 2 saturated carbocycles. The minimum absolute atomic E-state index is 0.354. The van der Waals surface area contributed by atoms with Gasteiger partial charge in [-0.25, -0.2) is 4.39 Å². The van der Waals surface area contributed by atoms with Gasteiger partial charge in [0.15, 0.2) is 5.82 Å². The van der Waals surface area contributed by atoms with E-state index in [-0.39, 0.29) is 5.82 Å². The Bertz CT molecular complexity index is 799. The third kappa shape index (κ3) is 3.70. The van der Waals surface area contributed by atoms with Crippen LogP contribution in [0.1, 0.15) is 50.0 Å². The number of rotatable bonds is 4. The van der Waals surface area contributed by atoms with Gasteiger partial charge >= 0.3 is 0 Å². The minimum atomic E-state index is -0.385. The largest absolute Gasteiger partial charge is 0.251 e. The fourth-order valence-corrected chi connectivity index (χ4v) is 4.26. The first-order valence-electron chi connectivity index (χ1n) is 9.08. The van der Waals surface area contributed by atoms with Crippen molar-refractivity contribution in [1.82, 2.24) is 4.98 Å². The number of thiocarbonyl (C=S) groups is 1. The lowest BCUT2D eigenvalue weighted by atomic mass is 9.77. The van der Waals surface area contributed by atoms with Gasteiger partial charge in [-0.05, 0) is 74.1 Å². The zero-order chi connectivity index (χ0) is 17.2. The maximum absolute atomic E-state index is 14.3. The SMILES string of the molecule is Fc1cc(N=C=S)cnc1-c1ccc(C2CCC(C3CC3)CC2)cc1. The molecule has 4 heteroatoms. The summed E-state index contributed by atoms with van der Waals surface area (Å²) >= 11 is 4.54. The normalized spacial score (nSPS) is 23.1. The van der Waals surface area contributed by atoms with Gasteiger partial charge in [-0.3, -0.25) is 4.98 Å². The van der Waals surface area contributed by atoms with E-state index in [9.17, 15) is 4.39 Å². The number of nitrogens with zero attached hydrogens (tertiary/aromatic N) is 2. The van der Waals surface area contributed by atoms with Crippen molar-refractivity contribution >= 4 is 23.1 Å². The summed E-state index contributed by atoms with van der Waals surface area (Å²) in [4.78, 5) is 7.95. The number of halogens is 1. The average molecular weight is 352 g/mol. The second-order valence-electron chi connectivity index (χ2n) is 7.30. The molecular weight excluding hydrogens is 331 g/mol. The molecule has 4 rings (SSSR count). The number of hydrogen-bond acceptors (Lipinski definition) is 3. The Labute approximate surface area is 153 Å². The Morgan fingerprint density at radius 1 is 1.00 bits per heavy atom. The zero-order valence-corrected chi connectivity index (χ0v) is 14.9. The summed E-state index contributed by atoms with van der Waals surface area (Å²) in [5.41, 5.74) is 2.92. The van der Waals surface area contributed by atoms with Gasteiger partial charge in [-0.2, -0.15) is 4.99 Å². The van der Waals surface area contributed by atoms with E-state index >= 15 is 0 Å². The summed E-state index contributed by atoms with van der Waals surface area (Å²) in [6.07, 6.45) is 9.75. The van der Waals surface area contributed by atoms with E-state index in [0.29, 0.717) is 17.3 Å². The highest BCUT2D eigenvalue weighted by atomic mass is 32.1. The number of pyridine rings is 1. The van der Waals surface area contributed by atoms with Crippen molar-refractivity contribution < 1.29 is 4.39 Å². The Hall–Kier alpha value is -1.90. The highest BCUT2D eigenvalue weighted by Gasteiger charge is 2.34. The number of hydrogen-bond donors (Lipinski definition) is 0. The predicted octanol–water partition coefficient (Wildman–Crippen LogP) is 6.31. The van der Waals surface area contributed by atoms with Gasteiger partial charge < -0.3 is 0 Å². The lowest BCUT2D eigenvalue weighted by molar-refractivity contribution is 0.296. The maximum atomic E-state index is 14.3. The standard InChI is InChI=1S/C21H21FN2S/c22-20-11-19(24-13-25)12-23-21(20)18-9-7-17(8-10-18)16-5-3-15(4-6-16)14-1-2-14/h7-12,14-16H,1-6H2. The van der Waals surface area contributed by atoms with E-state index in [0.717, 1.165) is 17.4 Å². The van der Waals surface area contributed by atoms with Crippen LogP contribution in [0, 0.1) is 17.7 Å². The van der Waals surface area contributed by atoms with Crippen LogP contribution in [0.15, 0.2) is 41.5 Å². The summed E-state index contributed by atoms with van der Waals surface area (Å²) in [7, 11) is 0. The molecule has 0 amide bonds. The van der Waals surface area contributed by atoms with E-state index in [1.54, 1.807) is 0 Å². The fourth-order valence-electron chi connectivity index (χ4n) is 4.16. The van der Waals surface area contributed by atoms with Crippen molar-refractivity contribution in [1.29, 1.82) is 0 Å². The number of aromatic nitrogens is 1. The molecule has 1 aromatic carbocycles. The Morgan fingerprint density at radius 3 is 2.20 bits per heavy atom. The smallest absolute Gasteiger partial charge is 0.151 e. The van der Waals surface area contributed by atoms with Crippen molar-refractivity contribution in [2.45, 2.75) is 44.4 Å². The predicted molar refractivity (Wildman–Crippen MR) is 102 cm³/mol. The molecule has 2 aromatic rings. The molecule has 0 bridgehead atoms. The molecule has 2 fully saturated rings. The van der Waals surface area contributed by atoms with Crippen molar-refractivity contribution in [2.24, 2.45) is 16.8 Å². The minimum Gasteiger partial charge on any atom is -0.251 e. The molecule has 0 N–H and O–H groups in total. The van der Waals surface area contributed by atoms with Crippen LogP contribution < -0.4 is 0 Å². The molecule has 0 atom stereocenters. The monoisotopic (exact) mass is 352 g/mol. The highest BCUT2D eigenvalue weighted by molar-refractivity contribution is 7.78. The van der Waals surface area contributed by atoms with Crippen molar-refractivity contribution in [3.05, 3.63) is 47.9 Å². The average Bonchev–Trinajstić information content (AvgIpc) is 3.48. The van der Waals surface area contributed by atoms with Crippen LogP contribution in [-0.2, 0) is 0 Å². The zero-order valence-electron chi connectivity index (χ0n) is 14.1. The van der Waals surface area contributed by atoms with Gasteiger partial charge in [0.1, 0.15) is 5.69 Å². The lowest BCUT2D eigenvalue weighted by Gasteiger charge is -2.29. The van der Waals surface area contributed by atoms with E-state index in [2.05, 4.69) is 39.5 Å². The summed E-state index contributed by atoms with van der Waals surface area (Å²) < 4.78 is 14.3. The summed E-state index contributed by atoms with van der Waals surface area (Å²) in [6.45, 7) is 0. The number of benzene rings is 1. The molecule has 1 heterocycles. The van der Waals surface area contributed by atoms with Crippen molar-refractivity contribution in [3.8, 4) is 11.3 Å². The Morgan fingerprint density at radius 2 is 1.64 bits per heavy atom. The molecule has 0 saturated heterocycles. The fraction of sp³-hybridized carbons (Fsp3) is 0.429. The van der Waals surface area contributed by atoms with Crippen LogP contribution in [0.3, 0.4) is 0 Å². The first-order valence-corrected chi connectivity index (χ1v) is 9.49. The van der Waals surface area contributed by atoms with E-state index in [1.807, 2.05) is 12.1 Å². The third-order valence-electron chi connectivity index (χ3n) is 5.72. The molecule has 2 aliphatic rings. The van der Waals surface area contributed by atoms with Gasteiger partial charge in [0.05, 0.1) is 17.0 Å². The maximum Gasteiger partial charge on any atom is 0.151 e. The molecule has 0 unspecified atom stereocenters. The quantitative estimate of drug-likeness (QED) is 0.476. The van der Waals surface area contributed by atoms with Crippen LogP contribution >= 0.6 is 12.2 Å². The summed E-state index contributed by atoms with van der Waals surface area (Å²) in [5.74, 6) is 2.27. The van der Waals surface area contributed by atoms with Crippen LogP contribution in [0.2, 0.25) is 0 Å². The molecular formula is C21H21FN2S. The molecule has 0 spiro atoms. The Balaban J connectivity index is 1.47. The molecule has 2 aliphatic carbocycles. The van der Waals surface area contributed by atoms with Crippen LogP contribution in [0.5, 0.6) is 0 Å². The first kappa shape index (κ1) is 16.6. The van der Waals surface area contributed by atoms with Gasteiger partial charge in [0.2, 0.25) is 0 Å². The van der Waals surface area contributed by atoms with Crippen molar-refractivity contribution in [3.63, 3.8) is 0 Å². The Kier molecular flexibility index (Phi) is 4.74. The number of isothiocyanates is 1. The van der Waals surface area contributed by atoms with Crippen LogP contribution in [0.25, 0.3) is 11.3 Å². The lowest BCUT2D eigenvalue weighted by Crippen LogP contribution is -2.14. The van der Waals surface area contributed by atoms with Crippen LogP contribution in [0.4, 0.5) is 10.1 Å². The number of aliphatic imine (C=N–C) groups is 1.